The zero-order valence-corrected chi connectivity index (χ0v) is 12.2. The number of pyridine rings is 1. The van der Waals surface area contributed by atoms with Crippen molar-refractivity contribution in [1.82, 2.24) is 15.3 Å². The number of oxazole rings is 1. The van der Waals surface area contributed by atoms with Crippen LogP contribution in [0.5, 0.6) is 0 Å². The highest BCUT2D eigenvalue weighted by Gasteiger charge is 2.16. The third-order valence-corrected chi connectivity index (χ3v) is 2.95. The average molecular weight is 292 g/mol. The highest BCUT2D eigenvalue weighted by atomic mass is 19.1. The van der Waals surface area contributed by atoms with E-state index in [1.165, 1.54) is 12.3 Å². The number of amides is 1. The van der Waals surface area contributed by atoms with Crippen molar-refractivity contribution in [2.75, 3.05) is 11.9 Å². The van der Waals surface area contributed by atoms with Gasteiger partial charge in [-0.25, -0.2) is 14.4 Å². The quantitative estimate of drug-likeness (QED) is 0.883. The summed E-state index contributed by atoms with van der Waals surface area (Å²) in [4.78, 5) is 20.0. The highest BCUT2D eigenvalue weighted by Crippen LogP contribution is 2.15. The van der Waals surface area contributed by atoms with Gasteiger partial charge in [-0.1, -0.05) is 0 Å². The molecule has 7 heteroatoms. The van der Waals surface area contributed by atoms with Crippen molar-refractivity contribution in [3.8, 4) is 0 Å². The number of aryl methyl sites for hydroxylation is 2. The summed E-state index contributed by atoms with van der Waals surface area (Å²) in [5, 5.41) is 5.33. The molecule has 0 spiro atoms. The van der Waals surface area contributed by atoms with Crippen LogP contribution in [0, 0.1) is 19.7 Å². The molecule has 2 rings (SSSR count). The molecule has 0 aromatic carbocycles. The minimum absolute atomic E-state index is 0.0629. The molecule has 0 saturated carbocycles. The normalized spacial score (nSPS) is 10.5. The molecule has 0 fully saturated rings. The van der Waals surface area contributed by atoms with Gasteiger partial charge in [-0.05, 0) is 26.8 Å². The van der Waals surface area contributed by atoms with E-state index in [9.17, 15) is 9.18 Å². The molecule has 112 valence electrons. The van der Waals surface area contributed by atoms with E-state index in [1.807, 2.05) is 13.8 Å². The van der Waals surface area contributed by atoms with Crippen LogP contribution in [0.25, 0.3) is 0 Å². The number of carbonyl (C=O) groups excluding carboxylic acids is 1. The lowest BCUT2D eigenvalue weighted by molar-refractivity contribution is 0.0943. The summed E-state index contributed by atoms with van der Waals surface area (Å²) in [5.41, 5.74) is 0.699. The molecule has 2 aromatic heterocycles. The number of aromatic nitrogens is 2. The molecule has 2 N–H and O–H groups in total. The first-order valence-corrected chi connectivity index (χ1v) is 6.62. The van der Waals surface area contributed by atoms with E-state index in [2.05, 4.69) is 20.6 Å². The minimum atomic E-state index is -0.670. The van der Waals surface area contributed by atoms with E-state index < -0.39 is 11.7 Å². The van der Waals surface area contributed by atoms with Crippen LogP contribution < -0.4 is 10.6 Å². The van der Waals surface area contributed by atoms with Crippen LogP contribution in [-0.2, 0) is 6.54 Å². The number of hydrogen-bond donors (Lipinski definition) is 2. The fraction of sp³-hybridized carbons (Fsp3) is 0.357. The second-order valence-corrected chi connectivity index (χ2v) is 4.48. The van der Waals surface area contributed by atoms with Gasteiger partial charge in [-0.3, -0.25) is 4.79 Å². The maximum Gasteiger partial charge on any atom is 0.254 e. The van der Waals surface area contributed by atoms with Gasteiger partial charge in [0.15, 0.2) is 11.6 Å². The van der Waals surface area contributed by atoms with Crippen LogP contribution >= 0.6 is 0 Å². The monoisotopic (exact) mass is 292 g/mol. The minimum Gasteiger partial charge on any atom is -0.444 e. The first-order chi connectivity index (χ1) is 10.0. The summed E-state index contributed by atoms with van der Waals surface area (Å²) in [6, 6.07) is 1.33. The van der Waals surface area contributed by atoms with Gasteiger partial charge in [0.2, 0.25) is 5.89 Å². The van der Waals surface area contributed by atoms with Crippen LogP contribution in [0.1, 0.15) is 34.6 Å². The molecule has 21 heavy (non-hydrogen) atoms. The van der Waals surface area contributed by atoms with Crippen LogP contribution in [0.4, 0.5) is 10.2 Å². The van der Waals surface area contributed by atoms with Gasteiger partial charge in [0.1, 0.15) is 5.76 Å². The van der Waals surface area contributed by atoms with Crippen LogP contribution in [0.15, 0.2) is 16.7 Å². The molecule has 2 aromatic rings. The molecule has 0 aliphatic carbocycles. The number of rotatable bonds is 5. The number of nitrogens with zero attached hydrogens (tertiary/aromatic N) is 2. The van der Waals surface area contributed by atoms with Crippen LogP contribution in [0.3, 0.4) is 0 Å². The van der Waals surface area contributed by atoms with Crippen molar-refractivity contribution in [3.05, 3.63) is 41.0 Å². The summed E-state index contributed by atoms with van der Waals surface area (Å²) in [5.74, 6) is -0.0596. The van der Waals surface area contributed by atoms with Crippen molar-refractivity contribution < 1.29 is 13.6 Å². The van der Waals surface area contributed by atoms with Gasteiger partial charge in [0.05, 0.1) is 17.8 Å². The number of nitrogens with one attached hydrogen (secondary N) is 2. The number of halogens is 1. The fourth-order valence-electron chi connectivity index (χ4n) is 1.78. The lowest BCUT2D eigenvalue weighted by Crippen LogP contribution is -2.24. The largest absolute Gasteiger partial charge is 0.444 e. The summed E-state index contributed by atoms with van der Waals surface area (Å²) in [6.45, 7) is 6.05. The van der Waals surface area contributed by atoms with Gasteiger partial charge in [-0.15, -0.1) is 0 Å². The zero-order valence-electron chi connectivity index (χ0n) is 12.2. The number of hydrogen-bond acceptors (Lipinski definition) is 5. The molecular weight excluding hydrogens is 275 g/mol. The lowest BCUT2D eigenvalue weighted by Gasteiger charge is -2.08. The molecule has 0 radical (unpaired) electrons. The highest BCUT2D eigenvalue weighted by molar-refractivity contribution is 5.95. The number of carbonyl (C=O) groups is 1. The zero-order chi connectivity index (χ0) is 15.4. The summed E-state index contributed by atoms with van der Waals surface area (Å²) in [7, 11) is 0. The van der Waals surface area contributed by atoms with Gasteiger partial charge >= 0.3 is 0 Å². The topological polar surface area (TPSA) is 80.0 Å². The molecule has 0 aliphatic heterocycles. The predicted molar refractivity (Wildman–Crippen MR) is 75.5 cm³/mol. The molecule has 6 nitrogen and oxygen atoms in total. The van der Waals surface area contributed by atoms with E-state index in [-0.39, 0.29) is 17.9 Å². The second-order valence-electron chi connectivity index (χ2n) is 4.48. The molecule has 0 aliphatic rings. The van der Waals surface area contributed by atoms with Crippen molar-refractivity contribution >= 4 is 11.7 Å². The molecule has 0 atom stereocenters. The summed E-state index contributed by atoms with van der Waals surface area (Å²) in [6.07, 6.45) is 1.38. The fourth-order valence-corrected chi connectivity index (χ4v) is 1.78. The van der Waals surface area contributed by atoms with Gasteiger partial charge in [0.25, 0.3) is 5.91 Å². The van der Waals surface area contributed by atoms with Crippen molar-refractivity contribution in [1.29, 1.82) is 0 Å². The van der Waals surface area contributed by atoms with Gasteiger partial charge in [-0.2, -0.15) is 0 Å². The smallest absolute Gasteiger partial charge is 0.254 e. The maximum atomic E-state index is 14.1. The summed E-state index contributed by atoms with van der Waals surface area (Å²) < 4.78 is 19.4. The SMILES string of the molecule is CCNc1nccc(C(=O)NCc2nc(C)c(C)o2)c1F. The lowest BCUT2D eigenvalue weighted by atomic mass is 10.2. The Morgan fingerprint density at radius 1 is 1.43 bits per heavy atom. The van der Waals surface area contributed by atoms with Crippen LogP contribution in [-0.4, -0.2) is 22.4 Å². The summed E-state index contributed by atoms with van der Waals surface area (Å²) >= 11 is 0. The Morgan fingerprint density at radius 2 is 2.19 bits per heavy atom. The Hall–Kier alpha value is -2.44. The first kappa shape index (κ1) is 15.0. The van der Waals surface area contributed by atoms with E-state index in [4.69, 9.17) is 4.42 Å². The van der Waals surface area contributed by atoms with Crippen molar-refractivity contribution in [2.45, 2.75) is 27.3 Å². The Kier molecular flexibility index (Phi) is 4.52. The molecule has 0 saturated heterocycles. The Bertz CT molecular complexity index is 635. The second kappa shape index (κ2) is 6.34. The Morgan fingerprint density at radius 3 is 2.81 bits per heavy atom. The van der Waals surface area contributed by atoms with Gasteiger partial charge < -0.3 is 15.1 Å². The Labute approximate surface area is 121 Å². The van der Waals surface area contributed by atoms with E-state index in [0.29, 0.717) is 18.2 Å². The van der Waals surface area contributed by atoms with E-state index in [0.717, 1.165) is 5.69 Å². The first-order valence-electron chi connectivity index (χ1n) is 6.62. The van der Waals surface area contributed by atoms with Crippen molar-refractivity contribution in [3.63, 3.8) is 0 Å². The standard InChI is InChI=1S/C14H17FN4O2/c1-4-16-13-12(15)10(5-6-17-13)14(20)18-7-11-19-8(2)9(3)21-11/h5-6H,4,7H2,1-3H3,(H,16,17)(H,18,20). The van der Waals surface area contributed by atoms with Crippen LogP contribution in [0.2, 0.25) is 0 Å². The third kappa shape index (κ3) is 3.36. The van der Waals surface area contributed by atoms with E-state index in [1.54, 1.807) is 6.92 Å². The predicted octanol–water partition coefficient (Wildman–Crippen LogP) is 2.19. The van der Waals surface area contributed by atoms with Crippen molar-refractivity contribution in [2.24, 2.45) is 0 Å². The molecule has 0 unspecified atom stereocenters. The molecule has 0 bridgehead atoms. The molecular formula is C14H17FN4O2. The van der Waals surface area contributed by atoms with E-state index >= 15 is 0 Å². The third-order valence-electron chi connectivity index (χ3n) is 2.95. The Balaban J connectivity index is 2.08. The molecule has 2 heterocycles. The van der Waals surface area contributed by atoms with Gasteiger partial charge in [0, 0.05) is 12.7 Å². The maximum absolute atomic E-state index is 14.1. The number of anilines is 1. The molecule has 1 amide bonds. The average Bonchev–Trinajstić information content (AvgIpc) is 2.78.